The number of carbonyl (C=O) groups is 3. The van der Waals surface area contributed by atoms with E-state index in [1.54, 1.807) is 54.5 Å². The van der Waals surface area contributed by atoms with E-state index in [1.165, 1.54) is 0 Å². The van der Waals surface area contributed by atoms with Gasteiger partial charge in [-0.2, -0.15) is 0 Å². The van der Waals surface area contributed by atoms with E-state index in [1.807, 2.05) is 19.1 Å². The fourth-order valence-corrected chi connectivity index (χ4v) is 3.42. The molecule has 7 heteroatoms. The van der Waals surface area contributed by atoms with Crippen LogP contribution in [0.25, 0.3) is 6.08 Å². The SMILES string of the molecule is COc1ccc(/C=C(/NC(=O)c2ccc(C)cc2)C(=O)N2CCC(C(=O)O)CC2)cc1. The number of piperidine rings is 1. The molecule has 2 aromatic carbocycles. The van der Waals surface area contributed by atoms with Crippen LogP contribution in [0.5, 0.6) is 5.75 Å². The topological polar surface area (TPSA) is 95.9 Å². The number of aryl methyl sites for hydroxylation is 1. The molecule has 0 spiro atoms. The molecule has 2 aromatic rings. The van der Waals surface area contributed by atoms with Gasteiger partial charge < -0.3 is 20.1 Å². The summed E-state index contributed by atoms with van der Waals surface area (Å²) in [5, 5.41) is 11.9. The first-order chi connectivity index (χ1) is 14.9. The Labute approximate surface area is 181 Å². The van der Waals surface area contributed by atoms with Crippen molar-refractivity contribution in [2.75, 3.05) is 20.2 Å². The van der Waals surface area contributed by atoms with Crippen molar-refractivity contribution in [2.24, 2.45) is 5.92 Å². The van der Waals surface area contributed by atoms with Crippen LogP contribution in [0, 0.1) is 12.8 Å². The summed E-state index contributed by atoms with van der Waals surface area (Å²) in [5.41, 5.74) is 2.35. The number of ether oxygens (including phenoxy) is 1. The summed E-state index contributed by atoms with van der Waals surface area (Å²) in [4.78, 5) is 38.7. The molecule has 31 heavy (non-hydrogen) atoms. The van der Waals surface area contributed by atoms with E-state index in [9.17, 15) is 19.5 Å². The second-order valence-corrected chi connectivity index (χ2v) is 7.56. The van der Waals surface area contributed by atoms with Gasteiger partial charge in [-0.3, -0.25) is 14.4 Å². The third-order valence-electron chi connectivity index (χ3n) is 5.35. The van der Waals surface area contributed by atoms with Crippen LogP contribution in [-0.2, 0) is 9.59 Å². The summed E-state index contributed by atoms with van der Waals surface area (Å²) < 4.78 is 5.16. The van der Waals surface area contributed by atoms with Gasteiger partial charge in [-0.1, -0.05) is 29.8 Å². The lowest BCUT2D eigenvalue weighted by molar-refractivity contribution is -0.145. The summed E-state index contributed by atoms with van der Waals surface area (Å²) in [6.07, 6.45) is 2.41. The number of amides is 2. The van der Waals surface area contributed by atoms with Crippen LogP contribution in [0.4, 0.5) is 0 Å². The van der Waals surface area contributed by atoms with E-state index in [0.717, 1.165) is 11.1 Å². The van der Waals surface area contributed by atoms with Crippen molar-refractivity contribution in [1.82, 2.24) is 10.2 Å². The number of rotatable bonds is 6. The molecule has 0 bridgehead atoms. The molecule has 0 saturated carbocycles. The predicted molar refractivity (Wildman–Crippen MR) is 117 cm³/mol. The minimum Gasteiger partial charge on any atom is -0.497 e. The average molecular weight is 422 g/mol. The first-order valence-corrected chi connectivity index (χ1v) is 10.1. The number of likely N-dealkylation sites (tertiary alicyclic amines) is 1. The maximum absolute atomic E-state index is 13.2. The van der Waals surface area contributed by atoms with Crippen molar-refractivity contribution in [3.05, 3.63) is 70.9 Å². The van der Waals surface area contributed by atoms with Crippen LogP contribution in [0.2, 0.25) is 0 Å². The zero-order chi connectivity index (χ0) is 22.4. The van der Waals surface area contributed by atoms with Crippen molar-refractivity contribution in [2.45, 2.75) is 19.8 Å². The first-order valence-electron chi connectivity index (χ1n) is 10.1. The summed E-state index contributed by atoms with van der Waals surface area (Å²) >= 11 is 0. The van der Waals surface area contributed by atoms with E-state index >= 15 is 0 Å². The first kappa shape index (κ1) is 22.1. The van der Waals surface area contributed by atoms with Crippen molar-refractivity contribution in [1.29, 1.82) is 0 Å². The van der Waals surface area contributed by atoms with Crippen molar-refractivity contribution in [3.63, 3.8) is 0 Å². The Morgan fingerprint density at radius 1 is 1.03 bits per heavy atom. The van der Waals surface area contributed by atoms with Crippen LogP contribution < -0.4 is 10.1 Å². The molecule has 0 radical (unpaired) electrons. The highest BCUT2D eigenvalue weighted by atomic mass is 16.5. The summed E-state index contributed by atoms with van der Waals surface area (Å²) in [7, 11) is 1.57. The molecule has 2 N–H and O–H groups in total. The molecule has 0 unspecified atom stereocenters. The molecule has 1 aliphatic rings. The van der Waals surface area contributed by atoms with Gasteiger partial charge in [0.1, 0.15) is 11.4 Å². The molecule has 1 aliphatic heterocycles. The summed E-state index contributed by atoms with van der Waals surface area (Å²) in [6.45, 7) is 2.59. The molecular formula is C24H26N2O5. The molecule has 3 rings (SSSR count). The van der Waals surface area contributed by atoms with Gasteiger partial charge in [0.25, 0.3) is 11.8 Å². The number of methoxy groups -OCH3 is 1. The largest absolute Gasteiger partial charge is 0.497 e. The maximum Gasteiger partial charge on any atom is 0.306 e. The number of hydrogen-bond donors (Lipinski definition) is 2. The number of carbonyl (C=O) groups excluding carboxylic acids is 2. The molecule has 1 fully saturated rings. The fourth-order valence-electron chi connectivity index (χ4n) is 3.42. The normalized spacial score (nSPS) is 14.8. The van der Waals surface area contributed by atoms with Gasteiger partial charge in [-0.05, 0) is 55.7 Å². The minimum absolute atomic E-state index is 0.143. The molecule has 7 nitrogen and oxygen atoms in total. The highest BCUT2D eigenvalue weighted by molar-refractivity contribution is 6.05. The van der Waals surface area contributed by atoms with Gasteiger partial charge in [0.2, 0.25) is 0 Å². The third kappa shape index (κ3) is 5.72. The lowest BCUT2D eigenvalue weighted by atomic mass is 9.97. The molecule has 0 aliphatic carbocycles. The zero-order valence-corrected chi connectivity index (χ0v) is 17.6. The Balaban J connectivity index is 1.83. The van der Waals surface area contributed by atoms with Gasteiger partial charge in [-0.15, -0.1) is 0 Å². The van der Waals surface area contributed by atoms with Gasteiger partial charge >= 0.3 is 5.97 Å². The van der Waals surface area contributed by atoms with Gasteiger partial charge in [0.15, 0.2) is 0 Å². The molecule has 2 amide bonds. The number of nitrogens with zero attached hydrogens (tertiary/aromatic N) is 1. The highest BCUT2D eigenvalue weighted by Crippen LogP contribution is 2.20. The Hall–Kier alpha value is -3.61. The van der Waals surface area contributed by atoms with Crippen LogP contribution in [0.3, 0.4) is 0 Å². The lowest BCUT2D eigenvalue weighted by Gasteiger charge is -2.30. The van der Waals surface area contributed by atoms with Crippen LogP contribution in [0.1, 0.15) is 34.3 Å². The number of aliphatic carboxylic acids is 1. The quantitative estimate of drug-likeness (QED) is 0.698. The average Bonchev–Trinajstić information content (AvgIpc) is 2.79. The minimum atomic E-state index is -0.839. The molecule has 1 saturated heterocycles. The number of nitrogens with one attached hydrogen (secondary N) is 1. The van der Waals surface area contributed by atoms with Crippen molar-refractivity contribution < 1.29 is 24.2 Å². The van der Waals surface area contributed by atoms with E-state index in [4.69, 9.17) is 4.74 Å². The van der Waals surface area contributed by atoms with Crippen LogP contribution in [0.15, 0.2) is 54.2 Å². The Morgan fingerprint density at radius 3 is 2.19 bits per heavy atom. The summed E-state index contributed by atoms with van der Waals surface area (Å²) in [6, 6.07) is 14.2. The summed E-state index contributed by atoms with van der Waals surface area (Å²) in [5.74, 6) is -1.31. The van der Waals surface area contributed by atoms with Crippen molar-refractivity contribution in [3.8, 4) is 5.75 Å². The van der Waals surface area contributed by atoms with Crippen LogP contribution in [-0.4, -0.2) is 48.0 Å². The third-order valence-corrected chi connectivity index (χ3v) is 5.35. The number of carboxylic acids is 1. The molecule has 1 heterocycles. The standard InChI is InChI=1S/C24H26N2O5/c1-16-3-7-18(8-4-16)22(27)25-21(15-17-5-9-20(31-2)10-6-17)23(28)26-13-11-19(12-14-26)24(29)30/h3-10,15,19H,11-14H2,1-2H3,(H,25,27)(H,29,30)/b21-15+. The van der Waals surface area contributed by atoms with E-state index < -0.39 is 11.9 Å². The Bertz CT molecular complexity index is 972. The Morgan fingerprint density at radius 2 is 1.65 bits per heavy atom. The lowest BCUT2D eigenvalue weighted by Crippen LogP contribution is -2.43. The molecule has 162 valence electrons. The number of carboxylic acid groups (broad SMARTS) is 1. The number of benzene rings is 2. The van der Waals surface area contributed by atoms with Gasteiger partial charge in [0.05, 0.1) is 13.0 Å². The highest BCUT2D eigenvalue weighted by Gasteiger charge is 2.29. The molecule has 0 atom stereocenters. The second-order valence-electron chi connectivity index (χ2n) is 7.56. The molecular weight excluding hydrogens is 396 g/mol. The smallest absolute Gasteiger partial charge is 0.306 e. The predicted octanol–water partition coefficient (Wildman–Crippen LogP) is 3.10. The van der Waals surface area contributed by atoms with Gasteiger partial charge in [0, 0.05) is 18.7 Å². The maximum atomic E-state index is 13.2. The van der Waals surface area contributed by atoms with E-state index in [-0.39, 0.29) is 17.5 Å². The van der Waals surface area contributed by atoms with Crippen LogP contribution >= 0.6 is 0 Å². The van der Waals surface area contributed by atoms with E-state index in [2.05, 4.69) is 5.32 Å². The van der Waals surface area contributed by atoms with Crippen molar-refractivity contribution >= 4 is 23.9 Å². The fraction of sp³-hybridized carbons (Fsp3) is 0.292. The second kappa shape index (κ2) is 9.93. The van der Waals surface area contributed by atoms with E-state index in [0.29, 0.717) is 37.2 Å². The van der Waals surface area contributed by atoms with Gasteiger partial charge in [-0.25, -0.2) is 0 Å². The Kier molecular flexibility index (Phi) is 7.07. The molecule has 0 aromatic heterocycles. The number of hydrogen-bond acceptors (Lipinski definition) is 4. The zero-order valence-electron chi connectivity index (χ0n) is 17.6. The monoisotopic (exact) mass is 422 g/mol.